The van der Waals surface area contributed by atoms with Crippen molar-refractivity contribution in [1.29, 1.82) is 5.26 Å². The number of nitro benzene ring substituents is 1. The van der Waals surface area contributed by atoms with Crippen molar-refractivity contribution in [3.63, 3.8) is 0 Å². The zero-order chi connectivity index (χ0) is 12.7. The van der Waals surface area contributed by atoms with Gasteiger partial charge in [-0.05, 0) is 12.1 Å². The first kappa shape index (κ1) is 13.0. The number of hydrogen-bond acceptors (Lipinski definition) is 6. The van der Waals surface area contributed by atoms with Gasteiger partial charge in [0.15, 0.2) is 6.61 Å². The molecule has 0 radical (unpaired) electrons. The van der Waals surface area contributed by atoms with Gasteiger partial charge in [0, 0.05) is 17.0 Å². The van der Waals surface area contributed by atoms with Crippen LogP contribution in [0.25, 0.3) is 0 Å². The molecule has 0 saturated carbocycles. The Morgan fingerprint density at radius 2 is 2.12 bits per heavy atom. The maximum Gasteiger partial charge on any atom is 0.317 e. The fraction of sp³-hybridized carbons (Fsp3) is 0.200. The number of thioether (sulfide) groups is 1. The molecule has 1 aromatic carbocycles. The molecule has 0 fully saturated rings. The Balaban J connectivity index is 2.45. The van der Waals surface area contributed by atoms with Gasteiger partial charge in [0.1, 0.15) is 6.07 Å². The van der Waals surface area contributed by atoms with Crippen LogP contribution >= 0.6 is 11.8 Å². The summed E-state index contributed by atoms with van der Waals surface area (Å²) in [7, 11) is 0. The van der Waals surface area contributed by atoms with Gasteiger partial charge >= 0.3 is 5.97 Å². The SMILES string of the molecule is N#CCOC(=O)CSc1ccc([N+](=O)[O-])cc1. The van der Waals surface area contributed by atoms with Crippen molar-refractivity contribution in [2.24, 2.45) is 0 Å². The minimum absolute atomic E-state index is 0.00130. The van der Waals surface area contributed by atoms with Gasteiger partial charge in [-0.1, -0.05) is 0 Å². The van der Waals surface area contributed by atoms with Gasteiger partial charge in [0.2, 0.25) is 0 Å². The molecule has 1 rings (SSSR count). The van der Waals surface area contributed by atoms with E-state index in [2.05, 4.69) is 4.74 Å². The molecular weight excluding hydrogens is 244 g/mol. The Labute approximate surface area is 101 Å². The maximum atomic E-state index is 11.0. The van der Waals surface area contributed by atoms with Crippen molar-refractivity contribution in [2.75, 3.05) is 12.4 Å². The number of carbonyl (C=O) groups excluding carboxylic acids is 1. The van der Waals surface area contributed by atoms with Crippen molar-refractivity contribution < 1.29 is 14.5 Å². The summed E-state index contributed by atoms with van der Waals surface area (Å²) in [6.45, 7) is -0.264. The van der Waals surface area contributed by atoms with E-state index in [9.17, 15) is 14.9 Å². The van der Waals surface area contributed by atoms with Crippen LogP contribution in [0.2, 0.25) is 0 Å². The minimum atomic E-state index is -0.491. The fourth-order valence-electron chi connectivity index (χ4n) is 0.961. The molecule has 17 heavy (non-hydrogen) atoms. The second-order valence-electron chi connectivity index (χ2n) is 2.86. The highest BCUT2D eigenvalue weighted by atomic mass is 32.2. The average Bonchev–Trinajstić information content (AvgIpc) is 2.34. The quantitative estimate of drug-likeness (QED) is 0.343. The number of nitrogens with zero attached hydrogens (tertiary/aromatic N) is 2. The summed E-state index contributed by atoms with van der Waals surface area (Å²) < 4.78 is 4.55. The van der Waals surface area contributed by atoms with Crippen LogP contribution in [0.1, 0.15) is 0 Å². The number of carbonyl (C=O) groups is 1. The number of nitriles is 1. The molecule has 0 atom stereocenters. The van der Waals surface area contributed by atoms with E-state index < -0.39 is 10.9 Å². The van der Waals surface area contributed by atoms with E-state index >= 15 is 0 Å². The molecule has 0 N–H and O–H groups in total. The summed E-state index contributed by atoms with van der Waals surface area (Å²) in [5, 5.41) is 18.6. The van der Waals surface area contributed by atoms with Crippen molar-refractivity contribution in [1.82, 2.24) is 0 Å². The van der Waals surface area contributed by atoms with Crippen LogP contribution in [0.4, 0.5) is 5.69 Å². The molecule has 0 aliphatic rings. The molecule has 1 aromatic rings. The summed E-state index contributed by atoms with van der Waals surface area (Å²) in [5.41, 5.74) is 0.00130. The van der Waals surface area contributed by atoms with Gasteiger partial charge < -0.3 is 4.74 Å². The third-order valence-electron chi connectivity index (χ3n) is 1.70. The highest BCUT2D eigenvalue weighted by molar-refractivity contribution is 8.00. The van der Waals surface area contributed by atoms with Gasteiger partial charge in [0.25, 0.3) is 5.69 Å². The summed E-state index contributed by atoms with van der Waals surface area (Å²) in [5.74, 6) is -0.422. The lowest BCUT2D eigenvalue weighted by Crippen LogP contribution is -2.07. The standard InChI is InChI=1S/C10H8N2O4S/c11-5-6-16-10(13)7-17-9-3-1-8(2-4-9)12(14)15/h1-4H,6-7H2. The summed E-state index contributed by atoms with van der Waals surface area (Å²) in [4.78, 5) is 21.7. The van der Waals surface area contributed by atoms with Gasteiger partial charge in [0.05, 0.1) is 10.7 Å². The predicted molar refractivity (Wildman–Crippen MR) is 60.4 cm³/mol. The number of esters is 1. The van der Waals surface area contributed by atoms with E-state index in [1.807, 2.05) is 0 Å². The topological polar surface area (TPSA) is 93.2 Å². The number of benzene rings is 1. The smallest absolute Gasteiger partial charge is 0.317 e. The molecular formula is C10H8N2O4S. The van der Waals surface area contributed by atoms with E-state index in [-0.39, 0.29) is 18.0 Å². The zero-order valence-electron chi connectivity index (χ0n) is 8.66. The summed E-state index contributed by atoms with van der Waals surface area (Å²) >= 11 is 1.19. The lowest BCUT2D eigenvalue weighted by atomic mass is 10.3. The largest absolute Gasteiger partial charge is 0.450 e. The van der Waals surface area contributed by atoms with Crippen LogP contribution in [0.3, 0.4) is 0 Å². The number of nitro groups is 1. The van der Waals surface area contributed by atoms with Crippen LogP contribution < -0.4 is 0 Å². The molecule has 6 nitrogen and oxygen atoms in total. The molecule has 0 aromatic heterocycles. The van der Waals surface area contributed by atoms with Gasteiger partial charge in [-0.15, -0.1) is 11.8 Å². The Hall–Kier alpha value is -2.07. The molecule has 88 valence electrons. The third kappa shape index (κ3) is 4.53. The highest BCUT2D eigenvalue weighted by Crippen LogP contribution is 2.21. The van der Waals surface area contributed by atoms with E-state index in [1.54, 1.807) is 18.2 Å². The Kier molecular flexibility index (Phi) is 4.97. The van der Waals surface area contributed by atoms with E-state index in [0.717, 1.165) is 4.90 Å². The molecule has 0 saturated heterocycles. The Morgan fingerprint density at radius 1 is 1.47 bits per heavy atom. The summed E-state index contributed by atoms with van der Waals surface area (Å²) in [6.07, 6.45) is 0. The Morgan fingerprint density at radius 3 is 2.65 bits per heavy atom. The second-order valence-corrected chi connectivity index (χ2v) is 3.91. The number of non-ortho nitro benzene ring substituents is 1. The van der Waals surface area contributed by atoms with Crippen molar-refractivity contribution in [3.8, 4) is 6.07 Å². The van der Waals surface area contributed by atoms with Crippen molar-refractivity contribution in [2.45, 2.75) is 4.90 Å². The summed E-state index contributed by atoms with van der Waals surface area (Å²) in [6, 6.07) is 7.53. The van der Waals surface area contributed by atoms with Gasteiger partial charge in [-0.3, -0.25) is 14.9 Å². The maximum absolute atomic E-state index is 11.0. The first-order chi connectivity index (χ1) is 8.13. The molecule has 0 heterocycles. The molecule has 0 aliphatic heterocycles. The number of ether oxygens (including phenoxy) is 1. The molecule has 0 spiro atoms. The number of rotatable bonds is 5. The van der Waals surface area contributed by atoms with Gasteiger partial charge in [-0.25, -0.2) is 0 Å². The van der Waals surface area contributed by atoms with E-state index in [1.165, 1.54) is 23.9 Å². The molecule has 0 aliphatic carbocycles. The molecule has 0 amide bonds. The van der Waals surface area contributed by atoms with Crippen LogP contribution in [-0.4, -0.2) is 23.3 Å². The molecule has 7 heteroatoms. The predicted octanol–water partition coefficient (Wildman–Crippen LogP) is 1.75. The molecule has 0 bridgehead atoms. The zero-order valence-corrected chi connectivity index (χ0v) is 9.48. The fourth-order valence-corrected chi connectivity index (χ4v) is 1.66. The van der Waals surface area contributed by atoms with E-state index in [0.29, 0.717) is 0 Å². The first-order valence-corrected chi connectivity index (χ1v) is 5.52. The molecule has 0 unspecified atom stereocenters. The highest BCUT2D eigenvalue weighted by Gasteiger charge is 2.06. The minimum Gasteiger partial charge on any atom is -0.450 e. The lowest BCUT2D eigenvalue weighted by Gasteiger charge is -2.00. The monoisotopic (exact) mass is 252 g/mol. The third-order valence-corrected chi connectivity index (χ3v) is 2.69. The van der Waals surface area contributed by atoms with E-state index in [4.69, 9.17) is 5.26 Å². The van der Waals surface area contributed by atoms with Gasteiger partial charge in [-0.2, -0.15) is 5.26 Å². The Bertz CT molecular complexity index is 452. The van der Waals surface area contributed by atoms with Crippen molar-refractivity contribution >= 4 is 23.4 Å². The second kappa shape index (κ2) is 6.50. The van der Waals surface area contributed by atoms with Crippen LogP contribution in [-0.2, 0) is 9.53 Å². The van der Waals surface area contributed by atoms with Crippen LogP contribution in [0.5, 0.6) is 0 Å². The number of hydrogen-bond donors (Lipinski definition) is 0. The van der Waals surface area contributed by atoms with Crippen LogP contribution in [0, 0.1) is 21.4 Å². The normalized spacial score (nSPS) is 9.35. The first-order valence-electron chi connectivity index (χ1n) is 4.53. The van der Waals surface area contributed by atoms with Crippen LogP contribution in [0.15, 0.2) is 29.2 Å². The average molecular weight is 252 g/mol. The van der Waals surface area contributed by atoms with Crippen molar-refractivity contribution in [3.05, 3.63) is 34.4 Å². The lowest BCUT2D eigenvalue weighted by molar-refractivity contribution is -0.384.